The molecule has 0 saturated carbocycles. The Balaban J connectivity index is 1.99. The van der Waals surface area contributed by atoms with Crippen molar-refractivity contribution in [1.82, 2.24) is 9.80 Å². The number of carbonyl (C=O) groups excluding carboxylic acids is 1. The van der Waals surface area contributed by atoms with E-state index < -0.39 is 5.91 Å². The zero-order chi connectivity index (χ0) is 20.3. The van der Waals surface area contributed by atoms with Crippen molar-refractivity contribution in [3.63, 3.8) is 0 Å². The summed E-state index contributed by atoms with van der Waals surface area (Å²) in [5.74, 6) is -0.178. The van der Waals surface area contributed by atoms with Crippen LogP contribution in [0.4, 0.5) is 0 Å². The van der Waals surface area contributed by atoms with E-state index >= 15 is 0 Å². The molecule has 1 heterocycles. The van der Waals surface area contributed by atoms with Crippen molar-refractivity contribution in [1.29, 1.82) is 0 Å². The number of nitrogens with zero attached hydrogens (tertiary/aromatic N) is 2. The third kappa shape index (κ3) is 4.26. The maximum absolute atomic E-state index is 11.5. The van der Waals surface area contributed by atoms with Crippen LogP contribution in [0.1, 0.15) is 41.4 Å². The van der Waals surface area contributed by atoms with Gasteiger partial charge in [0.25, 0.3) is 0 Å². The molecular weight excluding hydrogens is 350 g/mol. The van der Waals surface area contributed by atoms with Crippen LogP contribution in [-0.4, -0.2) is 52.5 Å². The number of phenolic OH excluding ortho intramolecular Hbond substituents is 1. The highest BCUT2D eigenvalue weighted by molar-refractivity contribution is 5.92. The van der Waals surface area contributed by atoms with Crippen LogP contribution in [0, 0.1) is 0 Å². The monoisotopic (exact) mass is 379 g/mol. The lowest BCUT2D eigenvalue weighted by atomic mass is 9.92. The van der Waals surface area contributed by atoms with Gasteiger partial charge < -0.3 is 10.8 Å². The van der Waals surface area contributed by atoms with Crippen LogP contribution in [0.15, 0.2) is 61.2 Å². The summed E-state index contributed by atoms with van der Waals surface area (Å²) >= 11 is 0. The number of hydrogen-bond acceptors (Lipinski definition) is 4. The van der Waals surface area contributed by atoms with Crippen molar-refractivity contribution in [2.24, 2.45) is 5.73 Å². The normalized spacial score (nSPS) is 21.9. The van der Waals surface area contributed by atoms with Crippen molar-refractivity contribution < 1.29 is 9.90 Å². The molecular formula is C23H29N3O2. The van der Waals surface area contributed by atoms with Gasteiger partial charge >= 0.3 is 0 Å². The fourth-order valence-electron chi connectivity index (χ4n) is 4.10. The zero-order valence-corrected chi connectivity index (χ0v) is 16.6. The Morgan fingerprint density at radius 1 is 1.18 bits per heavy atom. The van der Waals surface area contributed by atoms with E-state index in [1.165, 1.54) is 0 Å². The molecule has 1 saturated heterocycles. The molecule has 1 amide bonds. The summed E-state index contributed by atoms with van der Waals surface area (Å²) in [5, 5.41) is 10.1. The Morgan fingerprint density at radius 3 is 2.50 bits per heavy atom. The first kappa shape index (κ1) is 20.1. The first-order valence-electron chi connectivity index (χ1n) is 9.70. The summed E-state index contributed by atoms with van der Waals surface area (Å²) in [6, 6.07) is 15.6. The molecule has 148 valence electrons. The molecule has 5 nitrogen and oxygen atoms in total. The standard InChI is InChI=1S/C23H29N3O2/c1-4-12-25-14-17(3)26(15-16(25)2)22(20-6-5-7-21(27)13-20)18-8-10-19(11-9-18)23(24)28/h4-11,13,16-17,22,27H,1,12,14-15H2,2-3H3,(H2,24,28)/t16-,17+,22-/m1/s1. The summed E-state index contributed by atoms with van der Waals surface area (Å²) in [6.07, 6.45) is 1.95. The van der Waals surface area contributed by atoms with E-state index in [0.717, 1.165) is 30.8 Å². The minimum absolute atomic E-state index is 0.0163. The number of piperazine rings is 1. The maximum atomic E-state index is 11.5. The van der Waals surface area contributed by atoms with E-state index in [9.17, 15) is 9.90 Å². The average molecular weight is 380 g/mol. The highest BCUT2D eigenvalue weighted by atomic mass is 16.3. The van der Waals surface area contributed by atoms with Gasteiger partial charge in [-0.15, -0.1) is 6.58 Å². The Morgan fingerprint density at radius 2 is 1.89 bits per heavy atom. The second-order valence-electron chi connectivity index (χ2n) is 7.62. The molecule has 0 radical (unpaired) electrons. The second-order valence-corrected chi connectivity index (χ2v) is 7.62. The lowest BCUT2D eigenvalue weighted by Crippen LogP contribution is -2.57. The Kier molecular flexibility index (Phi) is 6.17. The molecule has 5 heteroatoms. The van der Waals surface area contributed by atoms with Crippen molar-refractivity contribution >= 4 is 5.91 Å². The fraction of sp³-hybridized carbons (Fsp3) is 0.348. The number of aromatic hydroxyl groups is 1. The van der Waals surface area contributed by atoms with Gasteiger partial charge in [-0.25, -0.2) is 0 Å². The molecule has 0 unspecified atom stereocenters. The van der Waals surface area contributed by atoms with E-state index in [4.69, 9.17) is 5.73 Å². The predicted molar refractivity (Wildman–Crippen MR) is 112 cm³/mol. The van der Waals surface area contributed by atoms with Crippen molar-refractivity contribution in [2.45, 2.75) is 32.0 Å². The zero-order valence-electron chi connectivity index (χ0n) is 16.6. The number of benzene rings is 2. The van der Waals surface area contributed by atoms with Gasteiger partial charge in [0.1, 0.15) is 5.75 Å². The molecule has 2 aromatic carbocycles. The molecule has 3 rings (SSSR count). The number of primary amides is 1. The Labute approximate surface area is 167 Å². The number of phenols is 1. The molecule has 0 bridgehead atoms. The van der Waals surface area contributed by atoms with Gasteiger partial charge in [-0.1, -0.05) is 30.3 Å². The van der Waals surface area contributed by atoms with E-state index in [1.54, 1.807) is 18.2 Å². The third-order valence-corrected chi connectivity index (χ3v) is 5.56. The van der Waals surface area contributed by atoms with E-state index in [2.05, 4.69) is 30.2 Å². The highest BCUT2D eigenvalue weighted by Crippen LogP contribution is 2.34. The van der Waals surface area contributed by atoms with Gasteiger partial charge in [0.15, 0.2) is 0 Å². The Bertz CT molecular complexity index is 834. The van der Waals surface area contributed by atoms with Gasteiger partial charge in [-0.3, -0.25) is 14.6 Å². The minimum atomic E-state index is -0.430. The number of hydrogen-bond donors (Lipinski definition) is 2. The minimum Gasteiger partial charge on any atom is -0.508 e. The average Bonchev–Trinajstić information content (AvgIpc) is 2.66. The molecule has 0 aliphatic carbocycles. The molecule has 3 atom stereocenters. The topological polar surface area (TPSA) is 69.8 Å². The van der Waals surface area contributed by atoms with E-state index in [1.807, 2.05) is 36.4 Å². The SMILES string of the molecule is C=CCN1C[C@H](C)N([C@H](c2ccc(C(N)=O)cc2)c2cccc(O)c2)C[C@H]1C. The number of amides is 1. The highest BCUT2D eigenvalue weighted by Gasteiger charge is 2.34. The number of rotatable bonds is 6. The number of nitrogens with two attached hydrogens (primary N) is 1. The van der Waals surface area contributed by atoms with Gasteiger partial charge in [0.05, 0.1) is 6.04 Å². The molecule has 0 spiro atoms. The molecule has 28 heavy (non-hydrogen) atoms. The summed E-state index contributed by atoms with van der Waals surface area (Å²) in [5.41, 5.74) is 8.00. The summed E-state index contributed by atoms with van der Waals surface area (Å²) < 4.78 is 0. The second kappa shape index (κ2) is 8.59. The van der Waals surface area contributed by atoms with Crippen molar-refractivity contribution in [2.75, 3.05) is 19.6 Å². The summed E-state index contributed by atoms with van der Waals surface area (Å²) in [4.78, 5) is 16.4. The van der Waals surface area contributed by atoms with E-state index in [-0.39, 0.29) is 11.8 Å². The van der Waals surface area contributed by atoms with Crippen LogP contribution in [-0.2, 0) is 0 Å². The molecule has 1 aliphatic rings. The van der Waals surface area contributed by atoms with Crippen LogP contribution in [0.3, 0.4) is 0 Å². The van der Waals surface area contributed by atoms with Crippen LogP contribution in [0.25, 0.3) is 0 Å². The summed E-state index contributed by atoms with van der Waals surface area (Å²) in [6.45, 7) is 11.1. The van der Waals surface area contributed by atoms with Crippen molar-refractivity contribution in [3.05, 3.63) is 77.9 Å². The number of carbonyl (C=O) groups is 1. The molecule has 3 N–H and O–H groups in total. The predicted octanol–water partition coefficient (Wildman–Crippen LogP) is 3.16. The van der Waals surface area contributed by atoms with Crippen LogP contribution < -0.4 is 5.73 Å². The molecule has 1 aliphatic heterocycles. The fourth-order valence-corrected chi connectivity index (χ4v) is 4.10. The molecule has 0 aromatic heterocycles. The van der Waals surface area contributed by atoms with Crippen molar-refractivity contribution in [3.8, 4) is 5.75 Å². The smallest absolute Gasteiger partial charge is 0.248 e. The largest absolute Gasteiger partial charge is 0.508 e. The van der Waals surface area contributed by atoms with Gasteiger partial charge in [0.2, 0.25) is 5.91 Å². The first-order valence-corrected chi connectivity index (χ1v) is 9.70. The third-order valence-electron chi connectivity index (χ3n) is 5.56. The Hall–Kier alpha value is -2.63. The lowest BCUT2D eigenvalue weighted by molar-refractivity contribution is 0.0306. The van der Waals surface area contributed by atoms with Gasteiger partial charge in [-0.2, -0.15) is 0 Å². The molecule has 1 fully saturated rings. The van der Waals surface area contributed by atoms with Crippen LogP contribution in [0.5, 0.6) is 5.75 Å². The van der Waals surface area contributed by atoms with Gasteiger partial charge in [0, 0.05) is 37.3 Å². The maximum Gasteiger partial charge on any atom is 0.248 e. The summed E-state index contributed by atoms with van der Waals surface area (Å²) in [7, 11) is 0. The quantitative estimate of drug-likeness (QED) is 0.757. The van der Waals surface area contributed by atoms with Crippen LogP contribution in [0.2, 0.25) is 0 Å². The first-order chi connectivity index (χ1) is 13.4. The van der Waals surface area contributed by atoms with Crippen LogP contribution >= 0.6 is 0 Å². The molecule has 2 aromatic rings. The lowest BCUT2D eigenvalue weighted by Gasteiger charge is -2.47. The van der Waals surface area contributed by atoms with Gasteiger partial charge in [-0.05, 0) is 49.2 Å². The van der Waals surface area contributed by atoms with E-state index in [0.29, 0.717) is 17.6 Å².